The van der Waals surface area contributed by atoms with Gasteiger partial charge in [-0.05, 0) is 43.7 Å². The van der Waals surface area contributed by atoms with E-state index < -0.39 is 5.97 Å². The van der Waals surface area contributed by atoms with Gasteiger partial charge >= 0.3 is 5.97 Å². The molecule has 1 aromatic rings. The number of anilines is 1. The molecule has 1 unspecified atom stereocenters. The van der Waals surface area contributed by atoms with E-state index in [2.05, 4.69) is 12.2 Å². The number of nitrogens with two attached hydrogens (primary N) is 1. The van der Waals surface area contributed by atoms with Gasteiger partial charge in [-0.15, -0.1) is 11.3 Å². The molecular formula is C15H24N2O3S. The van der Waals surface area contributed by atoms with Gasteiger partial charge in [-0.1, -0.05) is 13.3 Å². The van der Waals surface area contributed by atoms with E-state index in [0.29, 0.717) is 36.1 Å². The number of thiophene rings is 1. The molecule has 1 rings (SSSR count). The largest absolute Gasteiger partial charge is 0.462 e. The van der Waals surface area contributed by atoms with Gasteiger partial charge in [0.25, 0.3) is 0 Å². The highest BCUT2D eigenvalue weighted by Crippen LogP contribution is 2.25. The minimum absolute atomic E-state index is 0.0709. The smallest absolute Gasteiger partial charge is 0.341 e. The van der Waals surface area contributed by atoms with Crippen LogP contribution in [0, 0.1) is 5.92 Å². The maximum atomic E-state index is 12.0. The van der Waals surface area contributed by atoms with Crippen LogP contribution in [-0.4, -0.2) is 25.0 Å². The number of esters is 1. The lowest BCUT2D eigenvalue weighted by Gasteiger charge is -2.13. The van der Waals surface area contributed by atoms with Crippen LogP contribution in [-0.2, 0) is 9.53 Å². The first kappa shape index (κ1) is 17.7. The summed E-state index contributed by atoms with van der Waals surface area (Å²) in [5, 5.41) is 5.13. The molecule has 0 aliphatic heterocycles. The maximum absolute atomic E-state index is 12.0. The Labute approximate surface area is 129 Å². The van der Waals surface area contributed by atoms with E-state index in [9.17, 15) is 9.59 Å². The standard InChI is InChI=1S/C15H24N2O3S/c1-3-11(7-9-16)5-6-13(18)17-14-12(8-10-21-14)15(19)20-4-2/h8,10-11H,3-7,9,16H2,1-2H3,(H,17,18). The van der Waals surface area contributed by atoms with Crippen LogP contribution in [0.2, 0.25) is 0 Å². The van der Waals surface area contributed by atoms with Gasteiger partial charge in [0.05, 0.1) is 12.2 Å². The Morgan fingerprint density at radius 3 is 2.76 bits per heavy atom. The summed E-state index contributed by atoms with van der Waals surface area (Å²) in [6.07, 6.45) is 3.23. The average molecular weight is 312 g/mol. The molecule has 0 spiro atoms. The number of ether oxygens (including phenoxy) is 1. The Morgan fingerprint density at radius 1 is 1.38 bits per heavy atom. The molecule has 0 aromatic carbocycles. The van der Waals surface area contributed by atoms with Crippen molar-refractivity contribution in [2.24, 2.45) is 11.7 Å². The SMILES string of the molecule is CCOC(=O)c1ccsc1NC(=O)CCC(CC)CCN. The minimum Gasteiger partial charge on any atom is -0.462 e. The third-order valence-electron chi connectivity index (χ3n) is 3.35. The van der Waals surface area contributed by atoms with Crippen molar-refractivity contribution >= 4 is 28.2 Å². The second kappa shape index (κ2) is 9.52. The lowest BCUT2D eigenvalue weighted by atomic mass is 9.96. The molecule has 0 fully saturated rings. The fraction of sp³-hybridized carbons (Fsp3) is 0.600. The Bertz CT molecular complexity index is 460. The van der Waals surface area contributed by atoms with Gasteiger partial charge in [-0.25, -0.2) is 4.79 Å². The highest BCUT2D eigenvalue weighted by molar-refractivity contribution is 7.14. The van der Waals surface area contributed by atoms with Crippen LogP contribution in [0.5, 0.6) is 0 Å². The van der Waals surface area contributed by atoms with Crippen LogP contribution in [0.25, 0.3) is 0 Å². The molecule has 0 bridgehead atoms. The zero-order valence-electron chi connectivity index (χ0n) is 12.7. The summed E-state index contributed by atoms with van der Waals surface area (Å²) in [7, 11) is 0. The Morgan fingerprint density at radius 2 is 2.14 bits per heavy atom. The normalized spacial score (nSPS) is 12.0. The summed E-state index contributed by atoms with van der Waals surface area (Å²) in [5.74, 6) is 0.00991. The van der Waals surface area contributed by atoms with Gasteiger partial charge in [0.15, 0.2) is 0 Å². The van der Waals surface area contributed by atoms with Gasteiger partial charge in [-0.3, -0.25) is 4.79 Å². The second-order valence-electron chi connectivity index (χ2n) is 4.82. The Balaban J connectivity index is 2.52. The molecule has 1 aromatic heterocycles. The van der Waals surface area contributed by atoms with Gasteiger partial charge in [0, 0.05) is 6.42 Å². The number of hydrogen-bond donors (Lipinski definition) is 2. The molecule has 1 heterocycles. The molecule has 1 atom stereocenters. The monoisotopic (exact) mass is 312 g/mol. The first-order valence-corrected chi connectivity index (χ1v) is 8.24. The summed E-state index contributed by atoms with van der Waals surface area (Å²) in [6.45, 7) is 4.83. The van der Waals surface area contributed by atoms with Crippen molar-refractivity contribution in [3.63, 3.8) is 0 Å². The lowest BCUT2D eigenvalue weighted by Crippen LogP contribution is -2.16. The van der Waals surface area contributed by atoms with E-state index in [0.717, 1.165) is 19.3 Å². The lowest BCUT2D eigenvalue weighted by molar-refractivity contribution is -0.116. The summed E-state index contributed by atoms with van der Waals surface area (Å²) in [4.78, 5) is 23.7. The fourth-order valence-corrected chi connectivity index (χ4v) is 2.88. The maximum Gasteiger partial charge on any atom is 0.341 e. The summed E-state index contributed by atoms with van der Waals surface area (Å²) in [6, 6.07) is 1.67. The van der Waals surface area contributed by atoms with E-state index >= 15 is 0 Å². The molecule has 0 saturated heterocycles. The average Bonchev–Trinajstić information content (AvgIpc) is 2.91. The quantitative estimate of drug-likeness (QED) is 0.687. The highest BCUT2D eigenvalue weighted by atomic mass is 32.1. The Kier molecular flexibility index (Phi) is 8.00. The van der Waals surface area contributed by atoms with Crippen molar-refractivity contribution in [3.05, 3.63) is 17.0 Å². The number of carbonyl (C=O) groups is 2. The topological polar surface area (TPSA) is 81.4 Å². The van der Waals surface area contributed by atoms with Crippen molar-refractivity contribution in [2.75, 3.05) is 18.5 Å². The number of amides is 1. The van der Waals surface area contributed by atoms with Gasteiger partial charge in [-0.2, -0.15) is 0 Å². The molecule has 0 radical (unpaired) electrons. The number of carbonyl (C=O) groups excluding carboxylic acids is 2. The third kappa shape index (κ3) is 5.85. The zero-order chi connectivity index (χ0) is 15.7. The molecule has 0 aliphatic rings. The molecule has 21 heavy (non-hydrogen) atoms. The molecule has 3 N–H and O–H groups in total. The molecule has 6 heteroatoms. The van der Waals surface area contributed by atoms with Gasteiger partial charge < -0.3 is 15.8 Å². The Hall–Kier alpha value is -1.40. The number of rotatable bonds is 9. The van der Waals surface area contributed by atoms with Crippen LogP contribution in [0.1, 0.15) is 49.9 Å². The molecule has 0 aliphatic carbocycles. The number of hydrogen-bond acceptors (Lipinski definition) is 5. The van der Waals surface area contributed by atoms with Crippen molar-refractivity contribution in [1.82, 2.24) is 0 Å². The van der Waals surface area contributed by atoms with E-state index in [1.54, 1.807) is 18.4 Å². The third-order valence-corrected chi connectivity index (χ3v) is 4.18. The van der Waals surface area contributed by atoms with E-state index in [4.69, 9.17) is 10.5 Å². The van der Waals surface area contributed by atoms with Crippen LogP contribution in [0.4, 0.5) is 5.00 Å². The van der Waals surface area contributed by atoms with Gasteiger partial charge in [0.2, 0.25) is 5.91 Å². The molecule has 5 nitrogen and oxygen atoms in total. The van der Waals surface area contributed by atoms with Crippen molar-refractivity contribution in [1.29, 1.82) is 0 Å². The number of nitrogens with one attached hydrogen (secondary N) is 1. The van der Waals surface area contributed by atoms with Crippen molar-refractivity contribution in [3.8, 4) is 0 Å². The van der Waals surface area contributed by atoms with E-state index in [1.165, 1.54) is 11.3 Å². The molecule has 0 saturated carbocycles. The van der Waals surface area contributed by atoms with E-state index in [-0.39, 0.29) is 5.91 Å². The summed E-state index contributed by atoms with van der Waals surface area (Å²) < 4.78 is 4.96. The van der Waals surface area contributed by atoms with Gasteiger partial charge in [0.1, 0.15) is 5.00 Å². The molecule has 1 amide bonds. The van der Waals surface area contributed by atoms with Crippen LogP contribution < -0.4 is 11.1 Å². The fourth-order valence-electron chi connectivity index (χ4n) is 2.09. The molecule has 118 valence electrons. The first-order chi connectivity index (χ1) is 10.1. The van der Waals surface area contributed by atoms with Crippen LogP contribution in [0.3, 0.4) is 0 Å². The van der Waals surface area contributed by atoms with Crippen molar-refractivity contribution < 1.29 is 14.3 Å². The first-order valence-electron chi connectivity index (χ1n) is 7.36. The summed E-state index contributed by atoms with van der Waals surface area (Å²) in [5.41, 5.74) is 5.97. The predicted molar refractivity (Wildman–Crippen MR) is 85.6 cm³/mol. The zero-order valence-corrected chi connectivity index (χ0v) is 13.5. The molecular weight excluding hydrogens is 288 g/mol. The van der Waals surface area contributed by atoms with E-state index in [1.807, 2.05) is 0 Å². The van der Waals surface area contributed by atoms with Crippen molar-refractivity contribution in [2.45, 2.75) is 39.5 Å². The predicted octanol–water partition coefficient (Wildman–Crippen LogP) is 3.02. The highest BCUT2D eigenvalue weighted by Gasteiger charge is 2.16. The minimum atomic E-state index is -0.399. The van der Waals surface area contributed by atoms with Crippen LogP contribution >= 0.6 is 11.3 Å². The van der Waals surface area contributed by atoms with Crippen LogP contribution in [0.15, 0.2) is 11.4 Å². The summed E-state index contributed by atoms with van der Waals surface area (Å²) >= 11 is 1.33. The second-order valence-corrected chi connectivity index (χ2v) is 5.74.